The SMILES string of the molecule is CCC(NC(=O)NCCC(=O)O)C(O)C(F)(F)F. The number of carboxylic acid groups (broad SMARTS) is 1. The number of amides is 2. The molecule has 0 saturated carbocycles. The zero-order valence-corrected chi connectivity index (χ0v) is 9.62. The van der Waals surface area contributed by atoms with Crippen molar-refractivity contribution in [2.24, 2.45) is 0 Å². The molecule has 18 heavy (non-hydrogen) atoms. The molecule has 0 spiro atoms. The first-order valence-corrected chi connectivity index (χ1v) is 5.19. The van der Waals surface area contributed by atoms with Gasteiger partial charge in [-0.15, -0.1) is 0 Å². The highest BCUT2D eigenvalue weighted by molar-refractivity contribution is 5.75. The van der Waals surface area contributed by atoms with Crippen LogP contribution in [0.2, 0.25) is 0 Å². The number of hydrogen-bond donors (Lipinski definition) is 4. The fraction of sp³-hybridized carbons (Fsp3) is 0.778. The van der Waals surface area contributed by atoms with E-state index in [1.165, 1.54) is 6.92 Å². The molecule has 9 heteroatoms. The number of aliphatic carboxylic acids is 1. The molecule has 0 aliphatic carbocycles. The van der Waals surface area contributed by atoms with E-state index in [9.17, 15) is 22.8 Å². The molecule has 6 nitrogen and oxygen atoms in total. The minimum atomic E-state index is -4.82. The first kappa shape index (κ1) is 16.5. The number of carboxylic acids is 1. The zero-order chi connectivity index (χ0) is 14.3. The van der Waals surface area contributed by atoms with Crippen LogP contribution in [0.15, 0.2) is 0 Å². The van der Waals surface area contributed by atoms with Crippen molar-refractivity contribution in [2.75, 3.05) is 6.54 Å². The summed E-state index contributed by atoms with van der Waals surface area (Å²) in [5, 5.41) is 21.2. The van der Waals surface area contributed by atoms with Gasteiger partial charge in [-0.05, 0) is 6.42 Å². The van der Waals surface area contributed by atoms with Crippen molar-refractivity contribution < 1.29 is 33.0 Å². The summed E-state index contributed by atoms with van der Waals surface area (Å²) in [7, 11) is 0. The van der Waals surface area contributed by atoms with Gasteiger partial charge in [-0.25, -0.2) is 4.79 Å². The van der Waals surface area contributed by atoms with Crippen LogP contribution < -0.4 is 10.6 Å². The van der Waals surface area contributed by atoms with Crippen LogP contribution in [0.1, 0.15) is 19.8 Å². The van der Waals surface area contributed by atoms with E-state index in [0.29, 0.717) is 0 Å². The Morgan fingerprint density at radius 1 is 1.33 bits per heavy atom. The van der Waals surface area contributed by atoms with Crippen LogP contribution in [0.5, 0.6) is 0 Å². The predicted octanol–water partition coefficient (Wildman–Crippen LogP) is 0.462. The predicted molar refractivity (Wildman–Crippen MR) is 54.9 cm³/mol. The van der Waals surface area contributed by atoms with Crippen LogP contribution >= 0.6 is 0 Å². The van der Waals surface area contributed by atoms with E-state index in [2.05, 4.69) is 5.32 Å². The number of aliphatic hydroxyl groups is 1. The van der Waals surface area contributed by atoms with Crippen molar-refractivity contribution in [3.8, 4) is 0 Å². The molecular formula is C9H15F3N2O4. The average molecular weight is 272 g/mol. The molecule has 2 unspecified atom stereocenters. The summed E-state index contributed by atoms with van der Waals surface area (Å²) >= 11 is 0. The number of carbonyl (C=O) groups excluding carboxylic acids is 1. The highest BCUT2D eigenvalue weighted by Gasteiger charge is 2.43. The van der Waals surface area contributed by atoms with Crippen LogP contribution in [0.4, 0.5) is 18.0 Å². The van der Waals surface area contributed by atoms with Gasteiger partial charge >= 0.3 is 18.2 Å². The Morgan fingerprint density at radius 2 is 1.89 bits per heavy atom. The number of carbonyl (C=O) groups is 2. The minimum absolute atomic E-state index is 0.118. The zero-order valence-electron chi connectivity index (χ0n) is 9.62. The highest BCUT2D eigenvalue weighted by atomic mass is 19.4. The third kappa shape index (κ3) is 6.28. The molecule has 2 amide bonds. The smallest absolute Gasteiger partial charge is 0.416 e. The molecule has 0 fully saturated rings. The fourth-order valence-corrected chi connectivity index (χ4v) is 1.13. The molecule has 0 aromatic rings. The van der Waals surface area contributed by atoms with Crippen LogP contribution in [0.3, 0.4) is 0 Å². The van der Waals surface area contributed by atoms with Gasteiger partial charge in [-0.2, -0.15) is 13.2 Å². The molecule has 0 rings (SSSR count). The lowest BCUT2D eigenvalue weighted by molar-refractivity contribution is -0.211. The Bertz CT molecular complexity index is 296. The molecule has 0 bridgehead atoms. The van der Waals surface area contributed by atoms with Gasteiger partial charge < -0.3 is 20.8 Å². The van der Waals surface area contributed by atoms with E-state index in [-0.39, 0.29) is 19.4 Å². The molecule has 0 aliphatic rings. The largest absolute Gasteiger partial charge is 0.481 e. The van der Waals surface area contributed by atoms with Crippen LogP contribution in [-0.4, -0.2) is 47.1 Å². The third-order valence-electron chi connectivity index (χ3n) is 2.10. The topological polar surface area (TPSA) is 98.7 Å². The van der Waals surface area contributed by atoms with Crippen LogP contribution in [0, 0.1) is 0 Å². The van der Waals surface area contributed by atoms with Crippen molar-refractivity contribution in [1.82, 2.24) is 10.6 Å². The number of alkyl halides is 3. The van der Waals surface area contributed by atoms with E-state index < -0.39 is 30.3 Å². The number of rotatable bonds is 6. The Labute approximate surface area is 101 Å². The number of urea groups is 1. The van der Waals surface area contributed by atoms with Crippen molar-refractivity contribution >= 4 is 12.0 Å². The van der Waals surface area contributed by atoms with Gasteiger partial charge in [0.05, 0.1) is 12.5 Å². The summed E-state index contributed by atoms with van der Waals surface area (Å²) < 4.78 is 36.6. The molecule has 0 heterocycles. The van der Waals surface area contributed by atoms with Gasteiger partial charge in [-0.3, -0.25) is 4.79 Å². The Kier molecular flexibility index (Phi) is 6.45. The lowest BCUT2D eigenvalue weighted by Crippen LogP contribution is -2.52. The second kappa shape index (κ2) is 7.04. The van der Waals surface area contributed by atoms with Gasteiger partial charge in [0.25, 0.3) is 0 Å². The maximum atomic E-state index is 12.2. The van der Waals surface area contributed by atoms with Gasteiger partial charge in [-0.1, -0.05) is 6.92 Å². The Hall–Kier alpha value is -1.51. The maximum absolute atomic E-state index is 12.2. The molecular weight excluding hydrogens is 257 g/mol. The average Bonchev–Trinajstić information content (AvgIpc) is 2.23. The summed E-state index contributed by atoms with van der Waals surface area (Å²) in [4.78, 5) is 21.3. The summed E-state index contributed by atoms with van der Waals surface area (Å²) in [6, 6.07) is -2.43. The molecule has 0 radical (unpaired) electrons. The molecule has 4 N–H and O–H groups in total. The standard InChI is InChI=1S/C9H15F3N2O4/c1-2-5(7(17)9(10,11)12)14-8(18)13-4-3-6(15)16/h5,7,17H,2-4H2,1H3,(H,15,16)(H2,13,14,18). The minimum Gasteiger partial charge on any atom is -0.481 e. The number of hydrogen-bond acceptors (Lipinski definition) is 3. The van der Waals surface area contributed by atoms with Crippen LogP contribution in [0.25, 0.3) is 0 Å². The third-order valence-corrected chi connectivity index (χ3v) is 2.10. The van der Waals surface area contributed by atoms with Gasteiger partial charge in [0, 0.05) is 6.54 Å². The molecule has 0 saturated heterocycles. The first-order chi connectivity index (χ1) is 8.18. The molecule has 0 aliphatic heterocycles. The van der Waals surface area contributed by atoms with Gasteiger partial charge in [0.2, 0.25) is 0 Å². The normalized spacial score (nSPS) is 14.7. The molecule has 0 aromatic carbocycles. The summed E-state index contributed by atoms with van der Waals surface area (Å²) in [6.45, 7) is 1.16. The molecule has 106 valence electrons. The summed E-state index contributed by atoms with van der Waals surface area (Å²) in [5.74, 6) is -1.14. The van der Waals surface area contributed by atoms with E-state index in [1.807, 2.05) is 5.32 Å². The molecule has 2 atom stereocenters. The lowest BCUT2D eigenvalue weighted by Gasteiger charge is -2.24. The van der Waals surface area contributed by atoms with Crippen molar-refractivity contribution in [3.63, 3.8) is 0 Å². The quantitative estimate of drug-likeness (QED) is 0.564. The number of halogens is 3. The maximum Gasteiger partial charge on any atom is 0.416 e. The second-order valence-electron chi connectivity index (χ2n) is 3.55. The Morgan fingerprint density at radius 3 is 2.28 bits per heavy atom. The summed E-state index contributed by atoms with van der Waals surface area (Å²) in [6.07, 6.45) is -7.94. The Balaban J connectivity index is 4.20. The summed E-state index contributed by atoms with van der Waals surface area (Å²) in [5.41, 5.74) is 0. The molecule has 0 aromatic heterocycles. The van der Waals surface area contributed by atoms with Crippen LogP contribution in [-0.2, 0) is 4.79 Å². The number of aliphatic hydroxyl groups excluding tert-OH is 1. The van der Waals surface area contributed by atoms with Crippen molar-refractivity contribution in [1.29, 1.82) is 0 Å². The van der Waals surface area contributed by atoms with Crippen molar-refractivity contribution in [2.45, 2.75) is 38.1 Å². The van der Waals surface area contributed by atoms with E-state index in [1.54, 1.807) is 0 Å². The number of nitrogens with one attached hydrogen (secondary N) is 2. The van der Waals surface area contributed by atoms with E-state index in [0.717, 1.165) is 0 Å². The van der Waals surface area contributed by atoms with Gasteiger partial charge in [0.15, 0.2) is 6.10 Å². The monoisotopic (exact) mass is 272 g/mol. The fourth-order valence-electron chi connectivity index (χ4n) is 1.13. The van der Waals surface area contributed by atoms with Crippen molar-refractivity contribution in [3.05, 3.63) is 0 Å². The second-order valence-corrected chi connectivity index (χ2v) is 3.55. The van der Waals surface area contributed by atoms with E-state index in [4.69, 9.17) is 10.2 Å². The van der Waals surface area contributed by atoms with E-state index >= 15 is 0 Å². The van der Waals surface area contributed by atoms with Gasteiger partial charge in [0.1, 0.15) is 0 Å². The highest BCUT2D eigenvalue weighted by Crippen LogP contribution is 2.23. The first-order valence-electron chi connectivity index (χ1n) is 5.19. The lowest BCUT2D eigenvalue weighted by atomic mass is 10.1.